The molecule has 2 amide bonds. The fourth-order valence-electron chi connectivity index (χ4n) is 3.07. The minimum absolute atomic E-state index is 0.0586. The number of oxazole rings is 1. The zero-order valence-corrected chi connectivity index (χ0v) is 17.2. The molecule has 0 aliphatic rings. The third-order valence-electron chi connectivity index (χ3n) is 4.77. The van der Waals surface area contributed by atoms with E-state index in [1.807, 2.05) is 43.3 Å². The lowest BCUT2D eigenvalue weighted by Gasteiger charge is -2.08. The number of urea groups is 1. The van der Waals surface area contributed by atoms with Gasteiger partial charge in [-0.05, 0) is 50.2 Å². The van der Waals surface area contributed by atoms with Gasteiger partial charge in [0.15, 0.2) is 5.78 Å². The molecule has 0 atom stereocenters. The molecule has 6 heteroatoms. The summed E-state index contributed by atoms with van der Waals surface area (Å²) in [5.41, 5.74) is 5.45. The lowest BCUT2D eigenvalue weighted by molar-refractivity contribution is 0.101. The van der Waals surface area contributed by atoms with Gasteiger partial charge in [0, 0.05) is 28.1 Å². The van der Waals surface area contributed by atoms with E-state index in [-0.39, 0.29) is 5.78 Å². The summed E-state index contributed by atoms with van der Waals surface area (Å²) >= 11 is 0. The Morgan fingerprint density at radius 2 is 1.52 bits per heavy atom. The van der Waals surface area contributed by atoms with Crippen molar-refractivity contribution < 1.29 is 14.0 Å². The Morgan fingerprint density at radius 3 is 2.23 bits per heavy atom. The Hall–Kier alpha value is -4.19. The van der Waals surface area contributed by atoms with Crippen molar-refractivity contribution in [2.75, 3.05) is 10.6 Å². The number of nitrogens with one attached hydrogen (secondary N) is 2. The SMILES string of the molecule is CC(=O)c1cccc(NC(=O)Nc2ccc(-c3nc(-c4ccc(C)cc4)co3)cc2)c1. The van der Waals surface area contributed by atoms with Crippen molar-refractivity contribution in [2.45, 2.75) is 13.8 Å². The molecule has 4 aromatic rings. The van der Waals surface area contributed by atoms with Crippen molar-refractivity contribution in [3.05, 3.63) is 90.2 Å². The molecule has 1 heterocycles. The van der Waals surface area contributed by atoms with Gasteiger partial charge in [0.25, 0.3) is 0 Å². The molecule has 0 unspecified atom stereocenters. The Labute approximate surface area is 179 Å². The smallest absolute Gasteiger partial charge is 0.323 e. The number of ketones is 1. The zero-order chi connectivity index (χ0) is 21.8. The van der Waals surface area contributed by atoms with Crippen molar-refractivity contribution in [3.63, 3.8) is 0 Å². The maximum atomic E-state index is 12.3. The van der Waals surface area contributed by atoms with E-state index in [2.05, 4.69) is 15.6 Å². The van der Waals surface area contributed by atoms with Gasteiger partial charge >= 0.3 is 6.03 Å². The van der Waals surface area contributed by atoms with E-state index >= 15 is 0 Å². The van der Waals surface area contributed by atoms with Gasteiger partial charge in [0.05, 0.1) is 0 Å². The van der Waals surface area contributed by atoms with Crippen LogP contribution in [0, 0.1) is 6.92 Å². The average Bonchev–Trinajstić information content (AvgIpc) is 3.25. The topological polar surface area (TPSA) is 84.2 Å². The molecule has 4 rings (SSSR count). The zero-order valence-electron chi connectivity index (χ0n) is 17.2. The summed E-state index contributed by atoms with van der Waals surface area (Å²) in [4.78, 5) is 28.3. The van der Waals surface area contributed by atoms with Crippen LogP contribution in [0.25, 0.3) is 22.7 Å². The second-order valence-corrected chi connectivity index (χ2v) is 7.20. The molecule has 0 aliphatic heterocycles. The van der Waals surface area contributed by atoms with Crippen LogP contribution in [-0.4, -0.2) is 16.8 Å². The van der Waals surface area contributed by atoms with E-state index in [0.29, 0.717) is 22.8 Å². The highest BCUT2D eigenvalue weighted by Crippen LogP contribution is 2.26. The highest BCUT2D eigenvalue weighted by molar-refractivity contribution is 6.01. The number of aryl methyl sites for hydroxylation is 1. The number of rotatable bonds is 5. The Balaban J connectivity index is 1.41. The van der Waals surface area contributed by atoms with E-state index in [1.54, 1.807) is 42.7 Å². The predicted octanol–water partition coefficient (Wildman–Crippen LogP) is 6.16. The van der Waals surface area contributed by atoms with E-state index in [9.17, 15) is 9.59 Å². The largest absolute Gasteiger partial charge is 0.444 e. The van der Waals surface area contributed by atoms with Gasteiger partial charge in [0.1, 0.15) is 12.0 Å². The number of anilines is 2. The number of nitrogens with zero attached hydrogens (tertiary/aromatic N) is 1. The minimum Gasteiger partial charge on any atom is -0.444 e. The Morgan fingerprint density at radius 1 is 0.839 bits per heavy atom. The maximum absolute atomic E-state index is 12.3. The standard InChI is InChI=1S/C25H21N3O3/c1-16-6-8-18(9-7-16)23-15-31-24(28-23)19-10-12-21(13-11-19)26-25(30)27-22-5-3-4-20(14-22)17(2)29/h3-15H,1-2H3,(H2,26,27,30). The van der Waals surface area contributed by atoms with Gasteiger partial charge in [-0.3, -0.25) is 4.79 Å². The summed E-state index contributed by atoms with van der Waals surface area (Å²) in [5, 5.41) is 5.49. The highest BCUT2D eigenvalue weighted by atomic mass is 16.3. The molecule has 31 heavy (non-hydrogen) atoms. The fraction of sp³-hybridized carbons (Fsp3) is 0.0800. The highest BCUT2D eigenvalue weighted by Gasteiger charge is 2.10. The number of carbonyl (C=O) groups is 2. The first-order valence-electron chi connectivity index (χ1n) is 9.80. The lowest BCUT2D eigenvalue weighted by Crippen LogP contribution is -2.19. The molecule has 2 N–H and O–H groups in total. The Bertz CT molecular complexity index is 1230. The van der Waals surface area contributed by atoms with Crippen LogP contribution in [0.15, 0.2) is 83.5 Å². The third kappa shape index (κ3) is 4.87. The summed E-state index contributed by atoms with van der Waals surface area (Å²) in [6.45, 7) is 3.52. The minimum atomic E-state index is -0.397. The van der Waals surface area contributed by atoms with Gasteiger partial charge in [-0.25, -0.2) is 9.78 Å². The van der Waals surface area contributed by atoms with Crippen LogP contribution in [0.3, 0.4) is 0 Å². The van der Waals surface area contributed by atoms with Crippen LogP contribution in [-0.2, 0) is 0 Å². The van der Waals surface area contributed by atoms with Crippen LogP contribution >= 0.6 is 0 Å². The fourth-order valence-corrected chi connectivity index (χ4v) is 3.07. The van der Waals surface area contributed by atoms with Crippen LogP contribution in [0.5, 0.6) is 0 Å². The van der Waals surface area contributed by atoms with Gasteiger partial charge in [-0.1, -0.05) is 42.0 Å². The van der Waals surface area contributed by atoms with Crippen LogP contribution in [0.1, 0.15) is 22.8 Å². The maximum Gasteiger partial charge on any atom is 0.323 e. The number of Topliss-reactive ketones (excluding diaryl/α,β-unsaturated/α-hetero) is 1. The second-order valence-electron chi connectivity index (χ2n) is 7.20. The monoisotopic (exact) mass is 411 g/mol. The van der Waals surface area contributed by atoms with Gasteiger partial charge in [0.2, 0.25) is 5.89 Å². The first-order valence-corrected chi connectivity index (χ1v) is 9.80. The van der Waals surface area contributed by atoms with Gasteiger partial charge < -0.3 is 15.1 Å². The number of carbonyl (C=O) groups excluding carboxylic acids is 2. The lowest BCUT2D eigenvalue weighted by atomic mass is 10.1. The Kier molecular flexibility index (Phi) is 5.62. The molecule has 0 fully saturated rings. The van der Waals surface area contributed by atoms with Gasteiger partial charge in [-0.15, -0.1) is 0 Å². The summed E-state index contributed by atoms with van der Waals surface area (Å²) < 4.78 is 5.63. The molecule has 0 saturated carbocycles. The molecular weight excluding hydrogens is 390 g/mol. The molecule has 0 aliphatic carbocycles. The van der Waals surface area contributed by atoms with Crippen molar-refractivity contribution >= 4 is 23.2 Å². The van der Waals surface area contributed by atoms with E-state index in [1.165, 1.54) is 12.5 Å². The number of benzene rings is 3. The molecule has 154 valence electrons. The van der Waals surface area contributed by atoms with Crippen molar-refractivity contribution in [2.24, 2.45) is 0 Å². The van der Waals surface area contributed by atoms with Crippen LogP contribution in [0.2, 0.25) is 0 Å². The molecule has 0 saturated heterocycles. The summed E-state index contributed by atoms with van der Waals surface area (Å²) in [6, 6.07) is 21.7. The number of hydrogen-bond donors (Lipinski definition) is 2. The molecule has 1 aromatic heterocycles. The second kappa shape index (κ2) is 8.67. The normalized spacial score (nSPS) is 10.5. The third-order valence-corrected chi connectivity index (χ3v) is 4.77. The number of aromatic nitrogens is 1. The molecule has 3 aromatic carbocycles. The summed E-state index contributed by atoms with van der Waals surface area (Å²) in [5.74, 6) is 0.448. The molecule has 0 spiro atoms. The first kappa shape index (κ1) is 20.1. The molecule has 0 bridgehead atoms. The average molecular weight is 411 g/mol. The van der Waals surface area contributed by atoms with E-state index in [0.717, 1.165) is 16.8 Å². The molecule has 0 radical (unpaired) electrons. The number of amides is 2. The van der Waals surface area contributed by atoms with Gasteiger partial charge in [-0.2, -0.15) is 0 Å². The van der Waals surface area contributed by atoms with Crippen molar-refractivity contribution in [3.8, 4) is 22.7 Å². The van der Waals surface area contributed by atoms with Crippen molar-refractivity contribution in [1.82, 2.24) is 4.98 Å². The van der Waals surface area contributed by atoms with Crippen molar-refractivity contribution in [1.29, 1.82) is 0 Å². The first-order chi connectivity index (χ1) is 15.0. The predicted molar refractivity (Wildman–Crippen MR) is 121 cm³/mol. The van der Waals surface area contributed by atoms with E-state index < -0.39 is 6.03 Å². The van der Waals surface area contributed by atoms with Crippen LogP contribution in [0.4, 0.5) is 16.2 Å². The summed E-state index contributed by atoms with van der Waals surface area (Å²) in [7, 11) is 0. The quantitative estimate of drug-likeness (QED) is 0.385. The van der Waals surface area contributed by atoms with E-state index in [4.69, 9.17) is 4.42 Å². The molecule has 6 nitrogen and oxygen atoms in total. The molecular formula is C25H21N3O3. The van der Waals surface area contributed by atoms with Crippen LogP contribution < -0.4 is 10.6 Å². The number of hydrogen-bond acceptors (Lipinski definition) is 4. The summed E-state index contributed by atoms with van der Waals surface area (Å²) in [6.07, 6.45) is 1.63.